The summed E-state index contributed by atoms with van der Waals surface area (Å²) in [5.41, 5.74) is 6.20. The third-order valence-electron chi connectivity index (χ3n) is 3.50. The molecule has 3 N–H and O–H groups in total. The van der Waals surface area contributed by atoms with Gasteiger partial charge in [0.2, 0.25) is 11.6 Å². The second-order valence-electron chi connectivity index (χ2n) is 5.61. The molecule has 0 spiro atoms. The fourth-order valence-corrected chi connectivity index (χ4v) is 2.58. The predicted octanol–water partition coefficient (Wildman–Crippen LogP) is 1.08. The summed E-state index contributed by atoms with van der Waals surface area (Å²) >= 11 is 3.06. The molecule has 13 heteroatoms. The average molecular weight is 457 g/mol. The summed E-state index contributed by atoms with van der Waals surface area (Å²) in [6.45, 7) is 1.44. The van der Waals surface area contributed by atoms with Crippen molar-refractivity contribution in [2.45, 2.75) is 13.0 Å². The summed E-state index contributed by atoms with van der Waals surface area (Å²) in [5, 5.41) is 14.0. The third-order valence-corrected chi connectivity index (χ3v) is 4.11. The van der Waals surface area contributed by atoms with Crippen LogP contribution in [-0.2, 0) is 9.53 Å². The highest BCUT2D eigenvalue weighted by Crippen LogP contribution is 2.26. The van der Waals surface area contributed by atoms with Crippen LogP contribution in [0.4, 0.5) is 10.2 Å². The van der Waals surface area contributed by atoms with Gasteiger partial charge in [-0.1, -0.05) is 5.16 Å². The van der Waals surface area contributed by atoms with E-state index < -0.39 is 23.6 Å². The van der Waals surface area contributed by atoms with Crippen molar-refractivity contribution in [2.24, 2.45) is 5.73 Å². The second-order valence-corrected chi connectivity index (χ2v) is 6.47. The molecule has 2 heterocycles. The van der Waals surface area contributed by atoms with E-state index in [1.807, 2.05) is 0 Å². The van der Waals surface area contributed by atoms with Gasteiger partial charge in [-0.25, -0.2) is 18.4 Å². The molecule has 2 aromatic heterocycles. The first-order valence-electron chi connectivity index (χ1n) is 7.86. The summed E-state index contributed by atoms with van der Waals surface area (Å²) in [7, 11) is 0. The average Bonchev–Trinajstić information content (AvgIpc) is 3.26. The van der Waals surface area contributed by atoms with Crippen molar-refractivity contribution in [3.63, 3.8) is 0 Å². The van der Waals surface area contributed by atoms with E-state index in [1.165, 1.54) is 25.1 Å². The Kier molecular flexibility index (Phi) is 5.84. The first kappa shape index (κ1) is 19.7. The highest BCUT2D eigenvalue weighted by atomic mass is 79.9. The van der Waals surface area contributed by atoms with Crippen LogP contribution < -0.4 is 16.8 Å². The highest BCUT2D eigenvalue weighted by molar-refractivity contribution is 9.10. The van der Waals surface area contributed by atoms with Crippen LogP contribution in [0.3, 0.4) is 0 Å². The van der Waals surface area contributed by atoms with Crippen molar-refractivity contribution in [3.05, 3.63) is 39.0 Å². The SMILES string of the molecule is CC(=O)OCC(N)CNc1nonc1-c1noc(=O)n1-c1ccc(F)c(Br)c1. The fraction of sp³-hybridized carbons (Fsp3) is 0.267. The maximum Gasteiger partial charge on any atom is 0.446 e. The zero-order valence-corrected chi connectivity index (χ0v) is 16.0. The maximum absolute atomic E-state index is 13.5. The minimum Gasteiger partial charge on any atom is -0.464 e. The number of benzene rings is 1. The van der Waals surface area contributed by atoms with Gasteiger partial charge in [-0.2, -0.15) is 0 Å². The number of nitrogens with two attached hydrogens (primary N) is 1. The Bertz CT molecular complexity index is 1050. The van der Waals surface area contributed by atoms with Gasteiger partial charge in [-0.05, 0) is 44.4 Å². The molecule has 1 aromatic carbocycles. The number of hydrogen-bond donors (Lipinski definition) is 2. The van der Waals surface area contributed by atoms with Crippen molar-refractivity contribution >= 4 is 27.7 Å². The number of halogens is 2. The number of carbonyl (C=O) groups is 1. The summed E-state index contributed by atoms with van der Waals surface area (Å²) in [6.07, 6.45) is 0. The molecule has 0 saturated heterocycles. The first-order chi connectivity index (χ1) is 13.4. The van der Waals surface area contributed by atoms with Crippen LogP contribution in [0.2, 0.25) is 0 Å². The number of nitrogens with one attached hydrogen (secondary N) is 1. The number of anilines is 1. The van der Waals surface area contributed by atoms with E-state index >= 15 is 0 Å². The molecule has 148 valence electrons. The highest BCUT2D eigenvalue weighted by Gasteiger charge is 2.23. The molecule has 1 unspecified atom stereocenters. The smallest absolute Gasteiger partial charge is 0.446 e. The van der Waals surface area contributed by atoms with Gasteiger partial charge in [-0.15, -0.1) is 0 Å². The number of ether oxygens (including phenoxy) is 1. The van der Waals surface area contributed by atoms with E-state index in [9.17, 15) is 14.0 Å². The molecule has 0 fully saturated rings. The molecular formula is C15H14BrFN6O5. The molecular weight excluding hydrogens is 443 g/mol. The zero-order chi connectivity index (χ0) is 20.3. The van der Waals surface area contributed by atoms with Crippen molar-refractivity contribution in [1.29, 1.82) is 0 Å². The summed E-state index contributed by atoms with van der Waals surface area (Å²) in [5.74, 6) is -1.63. The molecule has 0 amide bonds. The fourth-order valence-electron chi connectivity index (χ4n) is 2.21. The molecule has 28 heavy (non-hydrogen) atoms. The lowest BCUT2D eigenvalue weighted by molar-refractivity contribution is -0.141. The van der Waals surface area contributed by atoms with Gasteiger partial charge >= 0.3 is 11.7 Å². The van der Waals surface area contributed by atoms with E-state index in [1.54, 1.807) is 0 Å². The molecule has 3 rings (SSSR count). The molecule has 0 bridgehead atoms. The van der Waals surface area contributed by atoms with E-state index in [-0.39, 0.29) is 40.6 Å². The topological polar surface area (TPSA) is 151 Å². The van der Waals surface area contributed by atoms with E-state index in [2.05, 4.69) is 36.7 Å². The third kappa shape index (κ3) is 4.26. The van der Waals surface area contributed by atoms with Gasteiger partial charge in [0.05, 0.1) is 16.2 Å². The molecule has 1 atom stereocenters. The maximum atomic E-state index is 13.5. The number of hydrogen-bond acceptors (Lipinski definition) is 10. The zero-order valence-electron chi connectivity index (χ0n) is 14.4. The molecule has 11 nitrogen and oxygen atoms in total. The van der Waals surface area contributed by atoms with E-state index in [0.29, 0.717) is 0 Å². The summed E-state index contributed by atoms with van der Waals surface area (Å²) < 4.78 is 29.0. The quantitative estimate of drug-likeness (QED) is 0.493. The number of aromatic nitrogens is 4. The van der Waals surface area contributed by atoms with Crippen LogP contribution in [0, 0.1) is 5.82 Å². The molecule has 0 aliphatic rings. The van der Waals surface area contributed by atoms with Crippen molar-refractivity contribution in [3.8, 4) is 17.2 Å². The van der Waals surface area contributed by atoms with Crippen LogP contribution in [-0.4, -0.2) is 45.2 Å². The molecule has 0 saturated carbocycles. The molecule has 0 radical (unpaired) electrons. The van der Waals surface area contributed by atoms with Crippen LogP contribution in [0.25, 0.3) is 17.2 Å². The first-order valence-corrected chi connectivity index (χ1v) is 8.66. The van der Waals surface area contributed by atoms with Gasteiger partial charge in [0.25, 0.3) is 0 Å². The number of rotatable bonds is 7. The Morgan fingerprint density at radius 1 is 1.43 bits per heavy atom. The minimum atomic E-state index is -0.811. The van der Waals surface area contributed by atoms with Crippen LogP contribution >= 0.6 is 15.9 Å². The van der Waals surface area contributed by atoms with Crippen molar-refractivity contribution in [1.82, 2.24) is 20.0 Å². The van der Waals surface area contributed by atoms with Gasteiger partial charge in [0.1, 0.15) is 12.4 Å². The van der Waals surface area contributed by atoms with Crippen molar-refractivity contribution < 1.29 is 23.1 Å². The molecule has 3 aromatic rings. The van der Waals surface area contributed by atoms with Gasteiger partial charge < -0.3 is 15.8 Å². The minimum absolute atomic E-state index is 0.00121. The lowest BCUT2D eigenvalue weighted by Crippen LogP contribution is -2.34. The Morgan fingerprint density at radius 3 is 2.93 bits per heavy atom. The summed E-state index contributed by atoms with van der Waals surface area (Å²) in [4.78, 5) is 22.9. The largest absolute Gasteiger partial charge is 0.464 e. The van der Waals surface area contributed by atoms with E-state index in [0.717, 1.165) is 4.57 Å². The second kappa shape index (κ2) is 8.31. The van der Waals surface area contributed by atoms with Gasteiger partial charge in [0.15, 0.2) is 5.69 Å². The van der Waals surface area contributed by atoms with Crippen LogP contribution in [0.1, 0.15) is 6.92 Å². The standard InChI is InChI=1S/C15H14BrFN6O5/c1-7(24)26-6-8(18)5-19-13-12(20-28-21-13)14-22-27-15(25)23(14)9-2-3-11(17)10(16)4-9/h2-4,8H,5-6,18H2,1H3,(H,19,21). The number of carbonyl (C=O) groups excluding carboxylic acids is 1. The Labute approximate surface area is 164 Å². The van der Waals surface area contributed by atoms with Gasteiger partial charge in [0, 0.05) is 13.5 Å². The van der Waals surface area contributed by atoms with E-state index in [4.69, 9.17) is 19.6 Å². The Hall–Kier alpha value is -3.06. The number of esters is 1. The predicted molar refractivity (Wildman–Crippen MR) is 96.1 cm³/mol. The van der Waals surface area contributed by atoms with Gasteiger partial charge in [-0.3, -0.25) is 9.32 Å². The van der Waals surface area contributed by atoms with Crippen molar-refractivity contribution in [2.75, 3.05) is 18.5 Å². The summed E-state index contributed by atoms with van der Waals surface area (Å²) in [6, 6.07) is 3.41. The number of nitrogens with zero attached hydrogens (tertiary/aromatic N) is 4. The lowest BCUT2D eigenvalue weighted by atomic mass is 10.3. The van der Waals surface area contributed by atoms with Crippen LogP contribution in [0.15, 0.2) is 36.6 Å². The monoisotopic (exact) mass is 456 g/mol. The molecule has 0 aliphatic heterocycles. The normalized spacial score (nSPS) is 12.0. The Balaban J connectivity index is 1.86. The lowest BCUT2D eigenvalue weighted by Gasteiger charge is -2.12. The Morgan fingerprint density at radius 2 is 2.21 bits per heavy atom. The molecule has 0 aliphatic carbocycles. The van der Waals surface area contributed by atoms with Crippen LogP contribution in [0.5, 0.6) is 0 Å².